The predicted molar refractivity (Wildman–Crippen MR) is 60.9 cm³/mol. The van der Waals surface area contributed by atoms with Crippen LogP contribution in [0.1, 0.15) is 12.0 Å². The molecular formula is C11H9BrF3NO. The van der Waals surface area contributed by atoms with Gasteiger partial charge in [0.05, 0.1) is 0 Å². The van der Waals surface area contributed by atoms with Gasteiger partial charge in [0, 0.05) is 16.6 Å². The first-order valence-electron chi connectivity index (χ1n) is 5.02. The highest BCUT2D eigenvalue weighted by Crippen LogP contribution is 2.32. The highest BCUT2D eigenvalue weighted by atomic mass is 79.9. The van der Waals surface area contributed by atoms with Crippen molar-refractivity contribution in [3.05, 3.63) is 28.2 Å². The highest BCUT2D eigenvalue weighted by Gasteiger charge is 2.36. The van der Waals surface area contributed by atoms with Gasteiger partial charge in [-0.15, -0.1) is 0 Å². The van der Waals surface area contributed by atoms with Gasteiger partial charge in [0.15, 0.2) is 0 Å². The number of fused-ring (bicyclic) bond motifs is 1. The standard InChI is InChI=1S/C11H9BrF3NO/c12-8-2-3-9-7(5-8)1-4-10(17)16(9)6-11(13,14)15/h2-3,5H,1,4,6H2. The molecule has 0 aliphatic carbocycles. The first-order chi connectivity index (χ1) is 7.87. The van der Waals surface area contributed by atoms with Crippen LogP contribution >= 0.6 is 15.9 Å². The molecule has 2 rings (SSSR count). The predicted octanol–water partition coefficient (Wildman–Crippen LogP) is 3.29. The van der Waals surface area contributed by atoms with Crippen LogP contribution in [0.2, 0.25) is 0 Å². The number of amides is 1. The summed E-state index contributed by atoms with van der Waals surface area (Å²) in [5.74, 6) is -0.475. The smallest absolute Gasteiger partial charge is 0.303 e. The molecule has 17 heavy (non-hydrogen) atoms. The summed E-state index contributed by atoms with van der Waals surface area (Å²) < 4.78 is 38.0. The third-order valence-electron chi connectivity index (χ3n) is 2.58. The summed E-state index contributed by atoms with van der Waals surface area (Å²) >= 11 is 3.26. The van der Waals surface area contributed by atoms with Crippen LogP contribution in [0.3, 0.4) is 0 Å². The van der Waals surface area contributed by atoms with E-state index in [0.717, 1.165) is 14.9 Å². The molecule has 0 fully saturated rings. The van der Waals surface area contributed by atoms with Gasteiger partial charge in [0.2, 0.25) is 5.91 Å². The molecule has 0 saturated heterocycles. The minimum absolute atomic E-state index is 0.125. The van der Waals surface area contributed by atoms with Crippen LogP contribution in [-0.2, 0) is 11.2 Å². The van der Waals surface area contributed by atoms with E-state index in [-0.39, 0.29) is 6.42 Å². The normalized spacial score (nSPS) is 16.0. The maximum Gasteiger partial charge on any atom is 0.406 e. The van der Waals surface area contributed by atoms with Gasteiger partial charge in [-0.3, -0.25) is 4.79 Å². The minimum Gasteiger partial charge on any atom is -0.303 e. The zero-order valence-corrected chi connectivity index (χ0v) is 10.3. The van der Waals surface area contributed by atoms with Crippen molar-refractivity contribution in [1.82, 2.24) is 0 Å². The lowest BCUT2D eigenvalue weighted by molar-refractivity contribution is -0.132. The van der Waals surface area contributed by atoms with Crippen molar-refractivity contribution < 1.29 is 18.0 Å². The summed E-state index contributed by atoms with van der Waals surface area (Å²) in [5.41, 5.74) is 1.13. The number of benzene rings is 1. The average Bonchev–Trinajstić information content (AvgIpc) is 2.21. The van der Waals surface area contributed by atoms with Crippen molar-refractivity contribution in [1.29, 1.82) is 0 Å². The number of carbonyl (C=O) groups is 1. The molecule has 1 aromatic carbocycles. The summed E-state index contributed by atoms with van der Waals surface area (Å²) in [4.78, 5) is 12.3. The largest absolute Gasteiger partial charge is 0.406 e. The number of halogens is 4. The summed E-state index contributed by atoms with van der Waals surface area (Å²) in [7, 11) is 0. The Morgan fingerprint density at radius 3 is 2.65 bits per heavy atom. The molecule has 92 valence electrons. The minimum atomic E-state index is -4.38. The van der Waals surface area contributed by atoms with E-state index < -0.39 is 18.6 Å². The molecule has 0 spiro atoms. The maximum atomic E-state index is 12.4. The van der Waals surface area contributed by atoms with E-state index >= 15 is 0 Å². The van der Waals surface area contributed by atoms with E-state index in [4.69, 9.17) is 0 Å². The molecule has 0 atom stereocenters. The summed E-state index contributed by atoms with van der Waals surface area (Å²) in [6, 6.07) is 4.94. The van der Waals surface area contributed by atoms with Gasteiger partial charge in [-0.2, -0.15) is 13.2 Å². The molecule has 1 aliphatic rings. The van der Waals surface area contributed by atoms with Gasteiger partial charge in [0.25, 0.3) is 0 Å². The fourth-order valence-corrected chi connectivity index (χ4v) is 2.29. The zero-order chi connectivity index (χ0) is 12.6. The van der Waals surface area contributed by atoms with Gasteiger partial charge < -0.3 is 4.90 Å². The van der Waals surface area contributed by atoms with E-state index in [1.165, 1.54) is 0 Å². The third-order valence-corrected chi connectivity index (χ3v) is 3.07. The molecule has 2 nitrogen and oxygen atoms in total. The van der Waals surface area contributed by atoms with Crippen LogP contribution in [0.25, 0.3) is 0 Å². The Morgan fingerprint density at radius 2 is 2.00 bits per heavy atom. The van der Waals surface area contributed by atoms with Crippen LogP contribution < -0.4 is 4.90 Å². The molecular weight excluding hydrogens is 299 g/mol. The molecule has 0 saturated carbocycles. The lowest BCUT2D eigenvalue weighted by Crippen LogP contribution is -2.41. The molecule has 1 aromatic rings. The van der Waals surface area contributed by atoms with Crippen molar-refractivity contribution in [2.75, 3.05) is 11.4 Å². The van der Waals surface area contributed by atoms with Gasteiger partial charge in [0.1, 0.15) is 6.54 Å². The monoisotopic (exact) mass is 307 g/mol. The molecule has 0 unspecified atom stereocenters. The van der Waals surface area contributed by atoms with Crippen molar-refractivity contribution in [2.24, 2.45) is 0 Å². The van der Waals surface area contributed by atoms with Crippen molar-refractivity contribution >= 4 is 27.5 Å². The first kappa shape index (κ1) is 12.4. The Hall–Kier alpha value is -1.04. The number of carbonyl (C=O) groups excluding carboxylic acids is 1. The molecule has 0 N–H and O–H groups in total. The van der Waals surface area contributed by atoms with Gasteiger partial charge in [-0.05, 0) is 30.2 Å². The molecule has 1 amide bonds. The zero-order valence-electron chi connectivity index (χ0n) is 8.72. The topological polar surface area (TPSA) is 20.3 Å². The number of hydrogen-bond donors (Lipinski definition) is 0. The van der Waals surface area contributed by atoms with Gasteiger partial charge in [-0.1, -0.05) is 15.9 Å². The SMILES string of the molecule is O=C1CCc2cc(Br)ccc2N1CC(F)(F)F. The second-order valence-corrected chi connectivity index (χ2v) is 4.78. The van der Waals surface area contributed by atoms with Crippen molar-refractivity contribution in [3.63, 3.8) is 0 Å². The number of alkyl halides is 3. The second kappa shape index (κ2) is 4.33. The molecule has 1 heterocycles. The van der Waals surface area contributed by atoms with Crippen LogP contribution in [0.4, 0.5) is 18.9 Å². The Bertz CT molecular complexity index is 459. The molecule has 0 aromatic heterocycles. The highest BCUT2D eigenvalue weighted by molar-refractivity contribution is 9.10. The van der Waals surface area contributed by atoms with E-state index in [2.05, 4.69) is 15.9 Å². The number of hydrogen-bond acceptors (Lipinski definition) is 1. The third kappa shape index (κ3) is 2.80. The van der Waals surface area contributed by atoms with Crippen molar-refractivity contribution in [3.8, 4) is 0 Å². The Morgan fingerprint density at radius 1 is 1.29 bits per heavy atom. The summed E-state index contributed by atoms with van der Waals surface area (Å²) in [6.07, 6.45) is -3.77. The fraction of sp³-hybridized carbons (Fsp3) is 0.364. The van der Waals surface area contributed by atoms with Gasteiger partial charge >= 0.3 is 6.18 Å². The number of nitrogens with zero attached hydrogens (tertiary/aromatic N) is 1. The summed E-state index contributed by atoms with van der Waals surface area (Å²) in [6.45, 7) is -1.22. The van der Waals surface area contributed by atoms with Crippen LogP contribution in [0.15, 0.2) is 22.7 Å². The number of rotatable bonds is 1. The first-order valence-corrected chi connectivity index (χ1v) is 5.82. The number of aryl methyl sites for hydroxylation is 1. The van der Waals surface area contributed by atoms with E-state index in [1.807, 2.05) is 0 Å². The lowest BCUT2D eigenvalue weighted by atomic mass is 10.0. The molecule has 1 aliphatic heterocycles. The second-order valence-electron chi connectivity index (χ2n) is 3.87. The molecule has 0 radical (unpaired) electrons. The van der Waals surface area contributed by atoms with E-state index in [0.29, 0.717) is 12.1 Å². The van der Waals surface area contributed by atoms with Gasteiger partial charge in [-0.25, -0.2) is 0 Å². The molecule has 6 heteroatoms. The van der Waals surface area contributed by atoms with Crippen LogP contribution in [-0.4, -0.2) is 18.6 Å². The molecule has 0 bridgehead atoms. The Kier molecular flexibility index (Phi) is 3.16. The maximum absolute atomic E-state index is 12.4. The Labute approximate surface area is 105 Å². The fourth-order valence-electron chi connectivity index (χ4n) is 1.88. The summed E-state index contributed by atoms with van der Waals surface area (Å²) in [5, 5.41) is 0. The van der Waals surface area contributed by atoms with Crippen LogP contribution in [0, 0.1) is 0 Å². The number of anilines is 1. The van der Waals surface area contributed by atoms with E-state index in [9.17, 15) is 18.0 Å². The van der Waals surface area contributed by atoms with Crippen LogP contribution in [0.5, 0.6) is 0 Å². The Balaban J connectivity index is 2.37. The lowest BCUT2D eigenvalue weighted by Gasteiger charge is -2.30. The van der Waals surface area contributed by atoms with E-state index in [1.54, 1.807) is 18.2 Å². The van der Waals surface area contributed by atoms with Crippen molar-refractivity contribution in [2.45, 2.75) is 19.0 Å². The average molecular weight is 308 g/mol. The quantitative estimate of drug-likeness (QED) is 0.779.